The van der Waals surface area contributed by atoms with Gasteiger partial charge in [0.05, 0.1) is 6.26 Å². The van der Waals surface area contributed by atoms with Crippen molar-refractivity contribution in [1.29, 1.82) is 0 Å². The summed E-state index contributed by atoms with van der Waals surface area (Å²) in [6, 6.07) is 4.23. The molecule has 1 amide bonds. The number of amides is 1. The van der Waals surface area contributed by atoms with Gasteiger partial charge >= 0.3 is 0 Å². The van der Waals surface area contributed by atoms with Gasteiger partial charge < -0.3 is 20.0 Å². The Morgan fingerprint density at radius 1 is 1.42 bits per heavy atom. The standard InChI is InChI=1S/C17H28N4O2.HI/c1-13(2)16(22)21-10-7-14(8-11-21)20-17(18-3)19-9-6-15-5-4-12-23-15;/h4-5,12-14H,6-11H2,1-3H3,(H2,18,19,20);1H. The van der Waals surface area contributed by atoms with Crippen molar-refractivity contribution in [2.75, 3.05) is 26.7 Å². The third-order valence-electron chi connectivity index (χ3n) is 4.11. The summed E-state index contributed by atoms with van der Waals surface area (Å²) in [4.78, 5) is 18.2. The molecule has 6 nitrogen and oxygen atoms in total. The van der Waals surface area contributed by atoms with Crippen LogP contribution in [0.1, 0.15) is 32.4 Å². The summed E-state index contributed by atoms with van der Waals surface area (Å²) in [6.07, 6.45) is 4.43. The number of carbonyl (C=O) groups is 1. The molecule has 0 saturated carbocycles. The smallest absolute Gasteiger partial charge is 0.225 e. The first-order valence-electron chi connectivity index (χ1n) is 8.38. The van der Waals surface area contributed by atoms with Crippen LogP contribution in [-0.2, 0) is 11.2 Å². The predicted molar refractivity (Wildman–Crippen MR) is 107 cm³/mol. The fourth-order valence-corrected chi connectivity index (χ4v) is 2.76. The van der Waals surface area contributed by atoms with E-state index >= 15 is 0 Å². The zero-order valence-corrected chi connectivity index (χ0v) is 17.1. The molecule has 0 bridgehead atoms. The molecule has 1 aromatic rings. The van der Waals surface area contributed by atoms with Gasteiger partial charge in [-0.25, -0.2) is 0 Å². The number of hydrogen-bond acceptors (Lipinski definition) is 3. The minimum absolute atomic E-state index is 0. The van der Waals surface area contributed by atoms with Crippen molar-refractivity contribution in [2.45, 2.75) is 39.2 Å². The third-order valence-corrected chi connectivity index (χ3v) is 4.11. The molecule has 1 aromatic heterocycles. The van der Waals surface area contributed by atoms with Crippen molar-refractivity contribution in [2.24, 2.45) is 10.9 Å². The molecule has 1 aliphatic rings. The van der Waals surface area contributed by atoms with Gasteiger partial charge in [-0.1, -0.05) is 13.8 Å². The van der Waals surface area contributed by atoms with Crippen LogP contribution in [0.5, 0.6) is 0 Å². The minimum Gasteiger partial charge on any atom is -0.469 e. The Morgan fingerprint density at radius 3 is 2.67 bits per heavy atom. The Balaban J connectivity index is 0.00000288. The number of piperidine rings is 1. The molecule has 2 rings (SSSR count). The number of hydrogen-bond donors (Lipinski definition) is 2. The number of carbonyl (C=O) groups excluding carboxylic acids is 1. The number of rotatable bonds is 5. The van der Waals surface area contributed by atoms with Gasteiger partial charge in [0.15, 0.2) is 5.96 Å². The zero-order valence-electron chi connectivity index (χ0n) is 14.7. The fourth-order valence-electron chi connectivity index (χ4n) is 2.76. The van der Waals surface area contributed by atoms with E-state index in [1.807, 2.05) is 30.9 Å². The van der Waals surface area contributed by atoms with Crippen molar-refractivity contribution >= 4 is 35.8 Å². The van der Waals surface area contributed by atoms with Crippen molar-refractivity contribution in [1.82, 2.24) is 15.5 Å². The topological polar surface area (TPSA) is 69.9 Å². The summed E-state index contributed by atoms with van der Waals surface area (Å²) in [5.74, 6) is 2.11. The third kappa shape index (κ3) is 6.33. The molecule has 1 saturated heterocycles. The Labute approximate surface area is 161 Å². The van der Waals surface area contributed by atoms with Crippen LogP contribution in [0.2, 0.25) is 0 Å². The lowest BCUT2D eigenvalue weighted by atomic mass is 10.0. The summed E-state index contributed by atoms with van der Waals surface area (Å²) in [5, 5.41) is 6.75. The van der Waals surface area contributed by atoms with Crippen molar-refractivity contribution in [3.8, 4) is 0 Å². The summed E-state index contributed by atoms with van der Waals surface area (Å²) in [7, 11) is 1.78. The molecule has 2 heterocycles. The van der Waals surface area contributed by atoms with Gasteiger partial charge in [-0.3, -0.25) is 9.79 Å². The molecule has 7 heteroatoms. The van der Waals surface area contributed by atoms with Gasteiger partial charge in [0.1, 0.15) is 5.76 Å². The quantitative estimate of drug-likeness (QED) is 0.412. The molecule has 0 radical (unpaired) electrons. The highest BCUT2D eigenvalue weighted by Gasteiger charge is 2.24. The molecule has 0 spiro atoms. The van der Waals surface area contributed by atoms with E-state index < -0.39 is 0 Å². The highest BCUT2D eigenvalue weighted by atomic mass is 127. The highest BCUT2D eigenvalue weighted by Crippen LogP contribution is 2.13. The lowest BCUT2D eigenvalue weighted by Gasteiger charge is -2.34. The van der Waals surface area contributed by atoms with Gasteiger partial charge in [0, 0.05) is 45.1 Å². The SMILES string of the molecule is CN=C(NCCc1ccco1)NC1CCN(C(=O)C(C)C)CC1.I. The average Bonchev–Trinajstić information content (AvgIpc) is 3.07. The number of likely N-dealkylation sites (tertiary alicyclic amines) is 1. The summed E-state index contributed by atoms with van der Waals surface area (Å²) in [5.41, 5.74) is 0. The van der Waals surface area contributed by atoms with E-state index in [1.54, 1.807) is 13.3 Å². The maximum Gasteiger partial charge on any atom is 0.225 e. The molecule has 0 unspecified atom stereocenters. The average molecular weight is 448 g/mol. The van der Waals surface area contributed by atoms with E-state index in [9.17, 15) is 4.79 Å². The lowest BCUT2D eigenvalue weighted by Crippen LogP contribution is -2.50. The van der Waals surface area contributed by atoms with Crippen LogP contribution >= 0.6 is 24.0 Å². The summed E-state index contributed by atoms with van der Waals surface area (Å²) in [6.45, 7) is 6.32. The van der Waals surface area contributed by atoms with Crippen LogP contribution < -0.4 is 10.6 Å². The lowest BCUT2D eigenvalue weighted by molar-refractivity contribution is -0.135. The molecule has 0 aliphatic carbocycles. The summed E-state index contributed by atoms with van der Waals surface area (Å²) < 4.78 is 5.31. The molecule has 2 N–H and O–H groups in total. The van der Waals surface area contributed by atoms with E-state index in [2.05, 4.69) is 15.6 Å². The molecule has 0 atom stereocenters. The van der Waals surface area contributed by atoms with Gasteiger partial charge in [-0.05, 0) is 25.0 Å². The van der Waals surface area contributed by atoms with Gasteiger partial charge in [-0.2, -0.15) is 0 Å². The second-order valence-corrected chi connectivity index (χ2v) is 6.23. The van der Waals surface area contributed by atoms with Gasteiger partial charge in [0.2, 0.25) is 5.91 Å². The Morgan fingerprint density at radius 2 is 2.12 bits per heavy atom. The second kappa shape index (κ2) is 10.6. The number of nitrogens with one attached hydrogen (secondary N) is 2. The molecule has 136 valence electrons. The fraction of sp³-hybridized carbons (Fsp3) is 0.647. The highest BCUT2D eigenvalue weighted by molar-refractivity contribution is 14.0. The first kappa shape index (κ1) is 20.8. The zero-order chi connectivity index (χ0) is 16.7. The van der Waals surface area contributed by atoms with Crippen LogP contribution in [0, 0.1) is 5.92 Å². The van der Waals surface area contributed by atoms with Crippen molar-refractivity contribution < 1.29 is 9.21 Å². The normalized spacial score (nSPS) is 16.0. The number of halogens is 1. The molecular formula is C17H29IN4O2. The van der Waals surface area contributed by atoms with Crippen LogP contribution in [0.4, 0.5) is 0 Å². The maximum atomic E-state index is 12.0. The minimum atomic E-state index is 0. The van der Waals surface area contributed by atoms with Crippen LogP contribution in [0.15, 0.2) is 27.8 Å². The van der Waals surface area contributed by atoms with Crippen LogP contribution in [0.25, 0.3) is 0 Å². The van der Waals surface area contributed by atoms with Crippen molar-refractivity contribution in [3.63, 3.8) is 0 Å². The number of furan rings is 1. The maximum absolute atomic E-state index is 12.0. The van der Waals surface area contributed by atoms with E-state index in [4.69, 9.17) is 4.42 Å². The van der Waals surface area contributed by atoms with E-state index in [0.717, 1.165) is 50.6 Å². The number of aliphatic imine (C=N–C) groups is 1. The number of guanidine groups is 1. The van der Waals surface area contributed by atoms with E-state index in [0.29, 0.717) is 6.04 Å². The monoisotopic (exact) mass is 448 g/mol. The summed E-state index contributed by atoms with van der Waals surface area (Å²) >= 11 is 0. The largest absolute Gasteiger partial charge is 0.469 e. The molecule has 1 aliphatic heterocycles. The first-order valence-corrected chi connectivity index (χ1v) is 8.38. The van der Waals surface area contributed by atoms with Crippen LogP contribution in [0.3, 0.4) is 0 Å². The molecular weight excluding hydrogens is 419 g/mol. The molecule has 24 heavy (non-hydrogen) atoms. The van der Waals surface area contributed by atoms with Crippen LogP contribution in [-0.4, -0.2) is 49.5 Å². The Hall–Kier alpha value is -1.25. The van der Waals surface area contributed by atoms with Crippen molar-refractivity contribution in [3.05, 3.63) is 24.2 Å². The second-order valence-electron chi connectivity index (χ2n) is 6.23. The molecule has 0 aromatic carbocycles. The van der Waals surface area contributed by atoms with Gasteiger partial charge in [-0.15, -0.1) is 24.0 Å². The van der Waals surface area contributed by atoms with E-state index in [1.165, 1.54) is 0 Å². The Kier molecular flexibility index (Phi) is 9.17. The predicted octanol–water partition coefficient (Wildman–Crippen LogP) is 2.25. The number of nitrogens with zero attached hydrogens (tertiary/aromatic N) is 2. The molecule has 1 fully saturated rings. The Bertz CT molecular complexity index is 509. The van der Waals surface area contributed by atoms with E-state index in [-0.39, 0.29) is 35.8 Å². The van der Waals surface area contributed by atoms with Gasteiger partial charge in [0.25, 0.3) is 0 Å². The first-order chi connectivity index (χ1) is 11.1.